The summed E-state index contributed by atoms with van der Waals surface area (Å²) in [7, 11) is 2.10. The van der Waals surface area contributed by atoms with Gasteiger partial charge in [0.05, 0.1) is 10.5 Å². The number of carbonyl (C=O) groups excluding carboxylic acids is 1. The first-order valence-electron chi connectivity index (χ1n) is 7.93. The third-order valence-corrected chi connectivity index (χ3v) is 4.88. The minimum absolute atomic E-state index is 0.0423. The van der Waals surface area contributed by atoms with Gasteiger partial charge in [0.2, 0.25) is 0 Å². The van der Waals surface area contributed by atoms with Crippen molar-refractivity contribution in [2.45, 2.75) is 13.3 Å². The van der Waals surface area contributed by atoms with Gasteiger partial charge in [-0.05, 0) is 44.1 Å². The SMILES string of the molecule is CCN(C)CC1CCN(C(=O)c2cc3c(Cl)cc(F)cc3[nH]2)C1. The Bertz CT molecular complexity index is 730. The zero-order valence-corrected chi connectivity index (χ0v) is 14.2. The Hall–Kier alpha value is -1.59. The van der Waals surface area contributed by atoms with Crippen LogP contribution in [0.1, 0.15) is 23.8 Å². The molecule has 1 aromatic carbocycles. The number of halogens is 2. The predicted octanol–water partition coefficient (Wildman–Crippen LogP) is 3.37. The number of hydrogen-bond donors (Lipinski definition) is 1. The molecule has 0 saturated carbocycles. The number of likely N-dealkylation sites (tertiary alicyclic amines) is 1. The van der Waals surface area contributed by atoms with Gasteiger partial charge in [-0.3, -0.25) is 4.79 Å². The molecule has 1 aliphatic rings. The van der Waals surface area contributed by atoms with Crippen LogP contribution in [-0.4, -0.2) is 53.9 Å². The molecule has 1 saturated heterocycles. The third kappa shape index (κ3) is 3.35. The maximum Gasteiger partial charge on any atom is 0.270 e. The van der Waals surface area contributed by atoms with Gasteiger partial charge < -0.3 is 14.8 Å². The number of benzene rings is 1. The molecule has 2 aromatic rings. The Morgan fingerprint density at radius 1 is 1.48 bits per heavy atom. The van der Waals surface area contributed by atoms with Crippen LogP contribution < -0.4 is 0 Å². The average molecular weight is 338 g/mol. The van der Waals surface area contributed by atoms with Crippen molar-refractivity contribution >= 4 is 28.4 Å². The first-order chi connectivity index (χ1) is 11.0. The van der Waals surface area contributed by atoms with Gasteiger partial charge in [-0.15, -0.1) is 0 Å². The van der Waals surface area contributed by atoms with E-state index in [1.165, 1.54) is 12.1 Å². The number of aromatic nitrogens is 1. The van der Waals surface area contributed by atoms with E-state index in [1.807, 2.05) is 4.90 Å². The number of rotatable bonds is 4. The number of fused-ring (bicyclic) bond motifs is 1. The summed E-state index contributed by atoms with van der Waals surface area (Å²) >= 11 is 6.05. The number of amides is 1. The highest BCUT2D eigenvalue weighted by Gasteiger charge is 2.28. The maximum atomic E-state index is 13.4. The largest absolute Gasteiger partial charge is 0.350 e. The van der Waals surface area contributed by atoms with Gasteiger partial charge >= 0.3 is 0 Å². The lowest BCUT2D eigenvalue weighted by molar-refractivity contribution is 0.0780. The molecule has 0 aliphatic carbocycles. The van der Waals surface area contributed by atoms with Crippen LogP contribution in [0, 0.1) is 11.7 Å². The van der Waals surface area contributed by atoms with E-state index in [2.05, 4.69) is 23.9 Å². The first-order valence-corrected chi connectivity index (χ1v) is 8.31. The summed E-state index contributed by atoms with van der Waals surface area (Å²) in [4.78, 5) is 19.8. The number of H-pyrrole nitrogens is 1. The molecule has 1 aliphatic heterocycles. The lowest BCUT2D eigenvalue weighted by Gasteiger charge is -2.20. The van der Waals surface area contributed by atoms with Gasteiger partial charge in [-0.25, -0.2) is 4.39 Å². The Kier molecular flexibility index (Phi) is 4.60. The van der Waals surface area contributed by atoms with E-state index in [4.69, 9.17) is 11.6 Å². The van der Waals surface area contributed by atoms with E-state index < -0.39 is 5.82 Å². The summed E-state index contributed by atoms with van der Waals surface area (Å²) in [5.41, 5.74) is 1.02. The minimum atomic E-state index is -0.410. The zero-order valence-electron chi connectivity index (χ0n) is 13.4. The Morgan fingerprint density at radius 2 is 2.26 bits per heavy atom. The molecular weight excluding hydrogens is 317 g/mol. The highest BCUT2D eigenvalue weighted by molar-refractivity contribution is 6.35. The van der Waals surface area contributed by atoms with E-state index in [9.17, 15) is 9.18 Å². The smallest absolute Gasteiger partial charge is 0.270 e. The van der Waals surface area contributed by atoms with Crippen LogP contribution in [0.2, 0.25) is 5.02 Å². The van der Waals surface area contributed by atoms with Crippen LogP contribution in [0.5, 0.6) is 0 Å². The fourth-order valence-electron chi connectivity index (χ4n) is 3.18. The van der Waals surface area contributed by atoms with Crippen LogP contribution in [0.25, 0.3) is 10.9 Å². The van der Waals surface area contributed by atoms with Crippen LogP contribution in [0.4, 0.5) is 4.39 Å². The molecule has 0 spiro atoms. The lowest BCUT2D eigenvalue weighted by Crippen LogP contribution is -2.31. The summed E-state index contributed by atoms with van der Waals surface area (Å²) in [6.45, 7) is 5.67. The van der Waals surface area contributed by atoms with Crippen molar-refractivity contribution in [2.24, 2.45) is 5.92 Å². The second-order valence-corrected chi connectivity index (χ2v) is 6.70. The van der Waals surface area contributed by atoms with Crippen molar-refractivity contribution in [2.75, 3.05) is 33.2 Å². The maximum absolute atomic E-state index is 13.4. The van der Waals surface area contributed by atoms with E-state index >= 15 is 0 Å². The van der Waals surface area contributed by atoms with Crippen LogP contribution in [0.3, 0.4) is 0 Å². The molecule has 124 valence electrons. The number of nitrogens with one attached hydrogen (secondary N) is 1. The van der Waals surface area contributed by atoms with Crippen LogP contribution >= 0.6 is 11.6 Å². The average Bonchev–Trinajstić information content (AvgIpc) is 3.13. The van der Waals surface area contributed by atoms with Crippen molar-refractivity contribution in [3.63, 3.8) is 0 Å². The van der Waals surface area contributed by atoms with E-state index in [0.29, 0.717) is 27.5 Å². The standard InChI is InChI=1S/C17H21ClFN3O/c1-3-21(2)9-11-4-5-22(10-11)17(23)16-8-13-14(18)6-12(19)7-15(13)20-16/h6-8,11,20H,3-5,9-10H2,1-2H3. The summed E-state index contributed by atoms with van der Waals surface area (Å²) < 4.78 is 13.4. The second-order valence-electron chi connectivity index (χ2n) is 6.29. The molecule has 3 rings (SSSR count). The van der Waals surface area contributed by atoms with Crippen molar-refractivity contribution in [3.8, 4) is 0 Å². The molecular formula is C17H21ClFN3O. The molecule has 1 aromatic heterocycles. The van der Waals surface area contributed by atoms with Crippen LogP contribution in [0.15, 0.2) is 18.2 Å². The number of carbonyl (C=O) groups is 1. The molecule has 1 fully saturated rings. The predicted molar refractivity (Wildman–Crippen MR) is 90.4 cm³/mol. The Balaban J connectivity index is 1.75. The minimum Gasteiger partial charge on any atom is -0.350 e. The van der Waals surface area contributed by atoms with Crippen molar-refractivity contribution < 1.29 is 9.18 Å². The molecule has 1 amide bonds. The number of hydrogen-bond acceptors (Lipinski definition) is 2. The second kappa shape index (κ2) is 6.49. The lowest BCUT2D eigenvalue weighted by atomic mass is 10.1. The molecule has 23 heavy (non-hydrogen) atoms. The van der Waals surface area contributed by atoms with E-state index in [0.717, 1.165) is 32.6 Å². The Morgan fingerprint density at radius 3 is 3.00 bits per heavy atom. The summed E-state index contributed by atoms with van der Waals surface area (Å²) in [6.07, 6.45) is 1.02. The van der Waals surface area contributed by atoms with Crippen molar-refractivity contribution in [3.05, 3.63) is 34.7 Å². The molecule has 2 heterocycles. The van der Waals surface area contributed by atoms with Gasteiger partial charge in [0.25, 0.3) is 5.91 Å². The molecule has 6 heteroatoms. The number of aromatic amines is 1. The zero-order chi connectivity index (χ0) is 16.6. The molecule has 0 bridgehead atoms. The molecule has 4 nitrogen and oxygen atoms in total. The molecule has 0 radical (unpaired) electrons. The number of nitrogens with zero attached hydrogens (tertiary/aromatic N) is 2. The fraction of sp³-hybridized carbons (Fsp3) is 0.471. The third-order valence-electron chi connectivity index (χ3n) is 4.57. The summed E-state index contributed by atoms with van der Waals surface area (Å²) in [5.74, 6) is 0.0563. The highest BCUT2D eigenvalue weighted by atomic mass is 35.5. The quantitative estimate of drug-likeness (QED) is 0.929. The fourth-order valence-corrected chi connectivity index (χ4v) is 3.44. The molecule has 1 N–H and O–H groups in total. The summed E-state index contributed by atoms with van der Waals surface area (Å²) in [6, 6.07) is 4.34. The molecule has 1 atom stereocenters. The topological polar surface area (TPSA) is 39.3 Å². The highest BCUT2D eigenvalue weighted by Crippen LogP contribution is 2.27. The van der Waals surface area contributed by atoms with Gasteiger partial charge in [0.1, 0.15) is 11.5 Å². The van der Waals surface area contributed by atoms with Gasteiger partial charge in [0, 0.05) is 25.0 Å². The van der Waals surface area contributed by atoms with Crippen molar-refractivity contribution in [1.82, 2.24) is 14.8 Å². The van der Waals surface area contributed by atoms with Crippen molar-refractivity contribution in [1.29, 1.82) is 0 Å². The van der Waals surface area contributed by atoms with Crippen LogP contribution in [-0.2, 0) is 0 Å². The summed E-state index contributed by atoms with van der Waals surface area (Å²) in [5, 5.41) is 0.997. The van der Waals surface area contributed by atoms with E-state index in [1.54, 1.807) is 6.07 Å². The van der Waals surface area contributed by atoms with Gasteiger partial charge in [-0.2, -0.15) is 0 Å². The van der Waals surface area contributed by atoms with Gasteiger partial charge in [-0.1, -0.05) is 18.5 Å². The first kappa shape index (κ1) is 16.3. The Labute approximate surface area is 140 Å². The van der Waals surface area contributed by atoms with Gasteiger partial charge in [0.15, 0.2) is 0 Å². The monoisotopic (exact) mass is 337 g/mol. The van der Waals surface area contributed by atoms with E-state index in [-0.39, 0.29) is 5.91 Å². The normalized spacial score (nSPS) is 18.3. The molecule has 1 unspecified atom stereocenters.